The van der Waals surface area contributed by atoms with Crippen molar-refractivity contribution in [3.8, 4) is 0 Å². The minimum Gasteiger partial charge on any atom is -0.384 e. The van der Waals surface area contributed by atoms with Crippen LogP contribution < -0.4 is 0 Å². The first-order valence-corrected chi connectivity index (χ1v) is 20.0. The molecule has 6 heteroatoms. The van der Waals surface area contributed by atoms with Crippen LogP contribution in [0.2, 0.25) is 0 Å². The highest BCUT2D eigenvalue weighted by molar-refractivity contribution is 14.1. The first kappa shape index (κ1) is 34.6. The van der Waals surface area contributed by atoms with Crippen molar-refractivity contribution in [2.24, 2.45) is 23.7 Å². The summed E-state index contributed by atoms with van der Waals surface area (Å²) in [6.07, 6.45) is 7.02. The van der Waals surface area contributed by atoms with Gasteiger partial charge in [0, 0.05) is 70.1 Å². The van der Waals surface area contributed by atoms with E-state index < -0.39 is 11.2 Å². The standard InChI is InChI=1S/2C21H24INO/c2*22-20-11-5-8-17(12-20)21(24)18-9-4-10-19(21)15-23(14-18)13-16-6-2-1-3-7-16/h2*1-3,5-8,11-12,18-19,24H,4,9-10,13-15H2/t18-,19+,21+;18-,19+,21-. The van der Waals surface area contributed by atoms with E-state index in [1.807, 2.05) is 0 Å². The second-order valence-electron chi connectivity index (χ2n) is 14.7. The number of hydrogen-bond donors (Lipinski definition) is 2. The van der Waals surface area contributed by atoms with E-state index in [0.29, 0.717) is 23.7 Å². The number of hydrogen-bond acceptors (Lipinski definition) is 4. The number of likely N-dealkylation sites (tertiary alicyclic amines) is 2. The van der Waals surface area contributed by atoms with Gasteiger partial charge in [-0.05, 0) is 117 Å². The van der Waals surface area contributed by atoms with Crippen molar-refractivity contribution in [3.05, 3.63) is 139 Å². The number of rotatable bonds is 6. The van der Waals surface area contributed by atoms with E-state index >= 15 is 0 Å². The van der Waals surface area contributed by atoms with Crippen LogP contribution in [0.5, 0.6) is 0 Å². The van der Waals surface area contributed by atoms with Crippen LogP contribution >= 0.6 is 45.2 Å². The molecular weight excluding hydrogens is 818 g/mol. The molecule has 2 heterocycles. The quantitative estimate of drug-likeness (QED) is 0.191. The van der Waals surface area contributed by atoms with Crippen LogP contribution in [-0.4, -0.2) is 46.2 Å². The minimum atomic E-state index is -0.646. The SMILES string of the molecule is O[C@@]1(c2cccc(I)c2)[C@@H]2CCC[C@H]1CN(Cc1ccccc1)C2.O[C@]1(c2cccc(I)c2)[C@@H]2CCC[C@H]1CN(Cc1ccccc1)C2. The summed E-state index contributed by atoms with van der Waals surface area (Å²) in [6.45, 7) is 5.97. The molecule has 2 N–H and O–H groups in total. The molecule has 2 saturated carbocycles. The molecule has 0 radical (unpaired) electrons. The first-order valence-electron chi connectivity index (χ1n) is 17.8. The summed E-state index contributed by atoms with van der Waals surface area (Å²) < 4.78 is 2.42. The van der Waals surface area contributed by atoms with Crippen molar-refractivity contribution >= 4 is 45.2 Å². The number of fused-ring (bicyclic) bond motifs is 4. The summed E-state index contributed by atoms with van der Waals surface area (Å²) in [6, 6.07) is 38.4. The van der Waals surface area contributed by atoms with Gasteiger partial charge in [-0.1, -0.05) is 97.8 Å². The Kier molecular flexibility index (Phi) is 11.0. The van der Waals surface area contributed by atoms with Gasteiger partial charge in [0.15, 0.2) is 0 Å². The van der Waals surface area contributed by atoms with E-state index in [0.717, 1.165) is 76.1 Å². The van der Waals surface area contributed by atoms with Gasteiger partial charge >= 0.3 is 0 Å². The van der Waals surface area contributed by atoms with E-state index in [2.05, 4.69) is 164 Å². The molecule has 2 saturated heterocycles. The fourth-order valence-corrected chi connectivity index (χ4v) is 10.5. The lowest BCUT2D eigenvalue weighted by Gasteiger charge is -2.53. The van der Waals surface area contributed by atoms with E-state index in [1.165, 1.54) is 31.1 Å². The van der Waals surface area contributed by atoms with Crippen LogP contribution in [0.4, 0.5) is 0 Å². The molecule has 48 heavy (non-hydrogen) atoms. The molecule has 4 aliphatic rings. The van der Waals surface area contributed by atoms with Gasteiger partial charge in [-0.3, -0.25) is 9.80 Å². The van der Waals surface area contributed by atoms with Gasteiger partial charge in [0.1, 0.15) is 0 Å². The summed E-state index contributed by atoms with van der Waals surface area (Å²) >= 11 is 4.70. The molecule has 0 amide bonds. The Morgan fingerprint density at radius 1 is 0.500 bits per heavy atom. The maximum atomic E-state index is 11.7. The molecule has 2 aliphatic heterocycles. The van der Waals surface area contributed by atoms with Crippen LogP contribution in [0.3, 0.4) is 0 Å². The van der Waals surface area contributed by atoms with Crippen molar-refractivity contribution in [3.63, 3.8) is 0 Å². The topological polar surface area (TPSA) is 46.9 Å². The fraction of sp³-hybridized carbons (Fsp3) is 0.429. The van der Waals surface area contributed by atoms with Crippen molar-refractivity contribution < 1.29 is 10.2 Å². The lowest BCUT2D eigenvalue weighted by molar-refractivity contribution is -0.148. The molecule has 0 aromatic heterocycles. The highest BCUT2D eigenvalue weighted by Gasteiger charge is 2.52. The minimum absolute atomic E-state index is 0.340. The third kappa shape index (κ3) is 7.31. The predicted molar refractivity (Wildman–Crippen MR) is 211 cm³/mol. The third-order valence-corrected chi connectivity index (χ3v) is 13.0. The zero-order chi connectivity index (χ0) is 33.1. The number of aliphatic hydroxyl groups is 2. The number of benzene rings is 4. The Labute approximate surface area is 314 Å². The summed E-state index contributed by atoms with van der Waals surface area (Å²) in [4.78, 5) is 5.10. The van der Waals surface area contributed by atoms with Gasteiger partial charge in [-0.15, -0.1) is 0 Å². The van der Waals surface area contributed by atoms with Gasteiger partial charge in [0.25, 0.3) is 0 Å². The second-order valence-corrected chi connectivity index (χ2v) is 17.2. The lowest BCUT2D eigenvalue weighted by atomic mass is 9.62. The Hall–Kier alpha value is -1.82. The molecule has 4 fully saturated rings. The molecule has 252 valence electrons. The third-order valence-electron chi connectivity index (χ3n) is 11.7. The van der Waals surface area contributed by atoms with Crippen LogP contribution in [0.15, 0.2) is 109 Å². The number of piperidine rings is 2. The molecule has 8 rings (SSSR count). The zero-order valence-electron chi connectivity index (χ0n) is 27.7. The van der Waals surface area contributed by atoms with E-state index in [9.17, 15) is 10.2 Å². The Morgan fingerprint density at radius 2 is 0.854 bits per heavy atom. The molecule has 6 atom stereocenters. The van der Waals surface area contributed by atoms with Gasteiger partial charge in [-0.25, -0.2) is 0 Å². The summed E-state index contributed by atoms with van der Waals surface area (Å²) in [5.74, 6) is 1.36. The van der Waals surface area contributed by atoms with Crippen molar-refractivity contribution in [1.29, 1.82) is 0 Å². The largest absolute Gasteiger partial charge is 0.384 e. The first-order chi connectivity index (χ1) is 23.3. The molecule has 4 aromatic carbocycles. The van der Waals surface area contributed by atoms with Gasteiger partial charge < -0.3 is 10.2 Å². The second kappa shape index (κ2) is 15.2. The van der Waals surface area contributed by atoms with Crippen molar-refractivity contribution in [2.45, 2.75) is 62.8 Å². The van der Waals surface area contributed by atoms with E-state index in [4.69, 9.17) is 0 Å². The Balaban J connectivity index is 0.000000152. The average Bonchev–Trinajstić information content (AvgIpc) is 3.07. The summed E-state index contributed by atoms with van der Waals surface area (Å²) in [5, 5.41) is 23.4. The van der Waals surface area contributed by atoms with Crippen LogP contribution in [-0.2, 0) is 24.3 Å². The Morgan fingerprint density at radius 3 is 1.19 bits per heavy atom. The molecule has 4 aromatic rings. The zero-order valence-corrected chi connectivity index (χ0v) is 32.0. The molecule has 4 bridgehead atoms. The smallest absolute Gasteiger partial charge is 0.0977 e. The average molecular weight is 867 g/mol. The monoisotopic (exact) mass is 866 g/mol. The maximum Gasteiger partial charge on any atom is 0.0977 e. The lowest BCUT2D eigenvalue weighted by Crippen LogP contribution is -2.57. The van der Waals surface area contributed by atoms with E-state index in [-0.39, 0.29) is 0 Å². The maximum absolute atomic E-state index is 11.7. The van der Waals surface area contributed by atoms with Crippen molar-refractivity contribution in [1.82, 2.24) is 9.80 Å². The van der Waals surface area contributed by atoms with Crippen LogP contribution in [0, 0.1) is 30.8 Å². The predicted octanol–water partition coefficient (Wildman–Crippen LogP) is 8.82. The molecule has 0 spiro atoms. The van der Waals surface area contributed by atoms with E-state index in [1.54, 1.807) is 0 Å². The normalized spacial score (nSPS) is 30.2. The Bertz CT molecular complexity index is 1500. The molecule has 2 aliphatic carbocycles. The van der Waals surface area contributed by atoms with Crippen molar-refractivity contribution in [2.75, 3.05) is 26.2 Å². The van der Waals surface area contributed by atoms with Crippen LogP contribution in [0.25, 0.3) is 0 Å². The molecule has 4 nitrogen and oxygen atoms in total. The van der Waals surface area contributed by atoms with Gasteiger partial charge in [0.2, 0.25) is 0 Å². The molecular formula is C42H48I2N2O2. The highest BCUT2D eigenvalue weighted by atomic mass is 127. The van der Waals surface area contributed by atoms with Crippen LogP contribution in [0.1, 0.15) is 60.8 Å². The summed E-state index contributed by atoms with van der Waals surface area (Å²) in [5.41, 5.74) is 3.71. The summed E-state index contributed by atoms with van der Waals surface area (Å²) in [7, 11) is 0. The number of halogens is 2. The van der Waals surface area contributed by atoms with Gasteiger partial charge in [0.05, 0.1) is 11.2 Å². The fourth-order valence-electron chi connectivity index (χ4n) is 9.45. The number of nitrogens with zero attached hydrogens (tertiary/aromatic N) is 2. The van der Waals surface area contributed by atoms with Gasteiger partial charge in [-0.2, -0.15) is 0 Å². The highest BCUT2D eigenvalue weighted by Crippen LogP contribution is 2.51. The molecule has 0 unspecified atom stereocenters.